The molecule has 2 aromatic carbocycles. The zero-order valence-electron chi connectivity index (χ0n) is 22.9. The summed E-state index contributed by atoms with van der Waals surface area (Å²) in [6.07, 6.45) is 13.2. The quantitative estimate of drug-likeness (QED) is 0.0546. The fraction of sp³-hybridized carbons (Fsp3) is 0.500. The smallest absolute Gasteiger partial charge is 0.343 e. The van der Waals surface area contributed by atoms with E-state index in [4.69, 9.17) is 9.47 Å². The zero-order valence-corrected chi connectivity index (χ0v) is 22.9. The van der Waals surface area contributed by atoms with Gasteiger partial charge in [0.25, 0.3) is 5.69 Å². The second-order valence-corrected chi connectivity index (χ2v) is 9.09. The summed E-state index contributed by atoms with van der Waals surface area (Å²) in [6, 6.07) is 10.2. The number of nitrogens with zero attached hydrogens (tertiary/aromatic N) is 1. The molecule has 0 spiro atoms. The molecule has 0 aromatic heterocycles. The van der Waals surface area contributed by atoms with Gasteiger partial charge in [-0.3, -0.25) is 10.1 Å². The minimum atomic E-state index is -0.712. The summed E-state index contributed by atoms with van der Waals surface area (Å²) in [5, 5.41) is 11.0. The van der Waals surface area contributed by atoms with Crippen molar-refractivity contribution < 1.29 is 28.8 Å². The maximum atomic E-state index is 12.3. The van der Waals surface area contributed by atoms with Crippen molar-refractivity contribution in [2.75, 3.05) is 6.61 Å². The minimum absolute atomic E-state index is 0.0784. The van der Waals surface area contributed by atoms with E-state index in [0.29, 0.717) is 17.7 Å². The molecular formula is C30H41NO7. The fourth-order valence-electron chi connectivity index (χ4n) is 3.54. The van der Waals surface area contributed by atoms with Crippen LogP contribution >= 0.6 is 0 Å². The van der Waals surface area contributed by atoms with Crippen LogP contribution in [0.15, 0.2) is 42.5 Å². The molecule has 0 radical (unpaired) electrons. The lowest BCUT2D eigenvalue weighted by molar-refractivity contribution is -0.385. The molecule has 8 nitrogen and oxygen atoms in total. The van der Waals surface area contributed by atoms with E-state index in [0.717, 1.165) is 38.4 Å². The molecule has 0 bridgehead atoms. The first kappa shape index (κ1) is 32.5. The van der Waals surface area contributed by atoms with Crippen molar-refractivity contribution in [2.24, 2.45) is 0 Å². The van der Waals surface area contributed by atoms with Crippen LogP contribution in [0.3, 0.4) is 0 Å². The molecule has 208 valence electrons. The lowest BCUT2D eigenvalue weighted by atomic mass is 10.1. The normalized spacial score (nSPS) is 10.2. The maximum absolute atomic E-state index is 12.3. The summed E-state index contributed by atoms with van der Waals surface area (Å²) in [4.78, 5) is 44.6. The summed E-state index contributed by atoms with van der Waals surface area (Å²) < 4.78 is 10.5. The number of hydrogen-bond donors (Lipinski definition) is 0. The number of benzene rings is 2. The van der Waals surface area contributed by atoms with Crippen LogP contribution in [0.1, 0.15) is 111 Å². The van der Waals surface area contributed by atoms with E-state index >= 15 is 0 Å². The van der Waals surface area contributed by atoms with Gasteiger partial charge in [0.05, 0.1) is 22.7 Å². The van der Waals surface area contributed by atoms with Crippen molar-refractivity contribution in [3.05, 3.63) is 69.3 Å². The highest BCUT2D eigenvalue weighted by atomic mass is 16.6. The Morgan fingerprint density at radius 2 is 1.39 bits per heavy atom. The number of ether oxygens (including phenoxy) is 2. The maximum Gasteiger partial charge on any atom is 0.343 e. The molecule has 2 aromatic rings. The Kier molecular flexibility index (Phi) is 16.7. The van der Waals surface area contributed by atoms with Gasteiger partial charge >= 0.3 is 11.9 Å². The van der Waals surface area contributed by atoms with Crippen LogP contribution in [0.2, 0.25) is 0 Å². The first-order chi connectivity index (χ1) is 18.3. The number of unbranched alkanes of at least 4 members (excludes halogenated alkanes) is 9. The van der Waals surface area contributed by atoms with E-state index in [1.807, 2.05) is 0 Å². The Bertz CT molecular complexity index is 1000. The second kappa shape index (κ2) is 19.5. The molecule has 0 saturated carbocycles. The predicted octanol–water partition coefficient (Wildman–Crippen LogP) is 7.80. The Hall–Kier alpha value is -3.55. The van der Waals surface area contributed by atoms with Gasteiger partial charge in [0.1, 0.15) is 12.0 Å². The number of carbonyl (C=O) groups is 3. The zero-order chi connectivity index (χ0) is 28.2. The number of nitro benzene ring substituents is 1. The number of rotatable bonds is 16. The molecule has 38 heavy (non-hydrogen) atoms. The average molecular weight is 528 g/mol. The van der Waals surface area contributed by atoms with Crippen LogP contribution in [0, 0.1) is 17.0 Å². The van der Waals surface area contributed by atoms with Gasteiger partial charge in [-0.05, 0) is 50.1 Å². The van der Waals surface area contributed by atoms with E-state index < -0.39 is 16.9 Å². The second-order valence-electron chi connectivity index (χ2n) is 9.09. The molecule has 0 heterocycles. The van der Waals surface area contributed by atoms with Crippen LogP contribution in [-0.2, 0) is 9.53 Å². The van der Waals surface area contributed by atoms with Gasteiger partial charge in [-0.15, -0.1) is 0 Å². The number of nitro groups is 1. The largest absolute Gasteiger partial charge is 0.462 e. The standard InChI is InChI=1S/C23H27NO6.C7H14O/c1-3-4-5-6-7-8-15-29-22(25)18-11-13-20(14-12-18)30-23(26)19-10-9-17(2)21(16-19)24(27)28;1-2-3-4-5-6-7-8/h9-14,16H,3-8,15H2,1-2H3;7H,2-6H2,1H3. The molecule has 0 N–H and O–H groups in total. The predicted molar refractivity (Wildman–Crippen MR) is 148 cm³/mol. The highest BCUT2D eigenvalue weighted by Crippen LogP contribution is 2.21. The van der Waals surface area contributed by atoms with Gasteiger partial charge in [0.15, 0.2) is 0 Å². The number of aldehydes is 1. The first-order valence-corrected chi connectivity index (χ1v) is 13.5. The van der Waals surface area contributed by atoms with Crippen LogP contribution in [-0.4, -0.2) is 29.8 Å². The molecule has 0 atom stereocenters. The minimum Gasteiger partial charge on any atom is -0.462 e. The third-order valence-electron chi connectivity index (χ3n) is 5.85. The Labute approximate surface area is 225 Å². The summed E-state index contributed by atoms with van der Waals surface area (Å²) in [5.41, 5.74) is 0.759. The molecule has 0 aliphatic carbocycles. The highest BCUT2D eigenvalue weighted by Gasteiger charge is 2.17. The fourth-order valence-corrected chi connectivity index (χ4v) is 3.54. The van der Waals surface area contributed by atoms with E-state index in [1.54, 1.807) is 6.92 Å². The molecule has 0 fully saturated rings. The molecular weight excluding hydrogens is 486 g/mol. The molecule has 0 unspecified atom stereocenters. The molecule has 8 heteroatoms. The first-order valence-electron chi connectivity index (χ1n) is 13.5. The van der Waals surface area contributed by atoms with Crippen molar-refractivity contribution in [3.63, 3.8) is 0 Å². The van der Waals surface area contributed by atoms with Crippen LogP contribution in [0.5, 0.6) is 5.75 Å². The number of aryl methyl sites for hydroxylation is 1. The number of carbonyl (C=O) groups excluding carboxylic acids is 3. The van der Waals surface area contributed by atoms with Crippen molar-refractivity contribution in [3.8, 4) is 5.75 Å². The Morgan fingerprint density at radius 1 is 0.816 bits per heavy atom. The van der Waals surface area contributed by atoms with Gasteiger partial charge in [0, 0.05) is 18.1 Å². The van der Waals surface area contributed by atoms with Crippen LogP contribution < -0.4 is 4.74 Å². The van der Waals surface area contributed by atoms with Gasteiger partial charge in [-0.1, -0.05) is 71.3 Å². The highest BCUT2D eigenvalue weighted by molar-refractivity contribution is 5.92. The van der Waals surface area contributed by atoms with Crippen LogP contribution in [0.25, 0.3) is 0 Å². The summed E-state index contributed by atoms with van der Waals surface area (Å²) in [6.45, 7) is 6.31. The molecule has 2 rings (SSSR count). The topological polar surface area (TPSA) is 113 Å². The van der Waals surface area contributed by atoms with E-state index in [1.165, 1.54) is 81.0 Å². The molecule has 0 amide bonds. The lowest BCUT2D eigenvalue weighted by Gasteiger charge is -2.07. The Morgan fingerprint density at radius 3 is 2.00 bits per heavy atom. The van der Waals surface area contributed by atoms with Crippen molar-refractivity contribution in [1.82, 2.24) is 0 Å². The SMILES string of the molecule is CCCCCCC=O.CCCCCCCCOC(=O)c1ccc(OC(=O)c2ccc(C)c([N+](=O)[O-])c2)cc1. The number of esters is 2. The summed E-state index contributed by atoms with van der Waals surface area (Å²) in [7, 11) is 0. The lowest BCUT2D eigenvalue weighted by Crippen LogP contribution is -2.10. The molecule has 0 aliphatic heterocycles. The third kappa shape index (κ3) is 13.1. The van der Waals surface area contributed by atoms with Gasteiger partial charge in [0.2, 0.25) is 0 Å². The van der Waals surface area contributed by atoms with Crippen LogP contribution in [0.4, 0.5) is 5.69 Å². The summed E-state index contributed by atoms with van der Waals surface area (Å²) in [5.74, 6) is -0.900. The average Bonchev–Trinajstić information content (AvgIpc) is 2.91. The van der Waals surface area contributed by atoms with E-state index in [9.17, 15) is 24.5 Å². The Balaban J connectivity index is 0.000000781. The van der Waals surface area contributed by atoms with Gasteiger partial charge in [-0.25, -0.2) is 9.59 Å². The van der Waals surface area contributed by atoms with E-state index in [-0.39, 0.29) is 17.0 Å². The van der Waals surface area contributed by atoms with Gasteiger partial charge in [-0.2, -0.15) is 0 Å². The van der Waals surface area contributed by atoms with Gasteiger partial charge < -0.3 is 14.3 Å². The van der Waals surface area contributed by atoms with Crippen molar-refractivity contribution >= 4 is 23.9 Å². The molecule has 0 aliphatic rings. The van der Waals surface area contributed by atoms with Crippen molar-refractivity contribution in [1.29, 1.82) is 0 Å². The monoisotopic (exact) mass is 527 g/mol. The van der Waals surface area contributed by atoms with E-state index in [2.05, 4.69) is 13.8 Å². The van der Waals surface area contributed by atoms with Crippen molar-refractivity contribution in [2.45, 2.75) is 91.4 Å². The summed E-state index contributed by atoms with van der Waals surface area (Å²) >= 11 is 0. The molecule has 0 saturated heterocycles. The third-order valence-corrected chi connectivity index (χ3v) is 5.85. The number of hydrogen-bond acceptors (Lipinski definition) is 7.